The molecule has 86 valence electrons. The average Bonchev–Trinajstić information content (AvgIpc) is 2.51. The quantitative estimate of drug-likeness (QED) is 0.728. The van der Waals surface area contributed by atoms with Gasteiger partial charge in [-0.15, -0.1) is 0 Å². The van der Waals surface area contributed by atoms with Crippen LogP contribution in [-0.2, 0) is 5.41 Å². The van der Waals surface area contributed by atoms with E-state index >= 15 is 0 Å². The second-order valence-electron chi connectivity index (χ2n) is 5.21. The van der Waals surface area contributed by atoms with Crippen LogP contribution in [0.25, 0.3) is 10.8 Å². The standard InChI is InChI=1S/C15H16N2/c1-15(2)13-11-7-5-4-6-10(11)8-9-12(13)17(3)14(15)16/h4-9,16H,1-3H3. The minimum Gasteiger partial charge on any atom is -0.332 e. The van der Waals surface area contributed by atoms with E-state index in [1.807, 2.05) is 11.9 Å². The molecule has 2 aromatic rings. The number of amidine groups is 1. The minimum absolute atomic E-state index is 0.203. The van der Waals surface area contributed by atoms with Gasteiger partial charge in [0, 0.05) is 18.2 Å². The molecule has 0 amide bonds. The molecule has 0 unspecified atom stereocenters. The summed E-state index contributed by atoms with van der Waals surface area (Å²) in [4.78, 5) is 1.99. The van der Waals surface area contributed by atoms with Gasteiger partial charge in [-0.3, -0.25) is 5.41 Å². The van der Waals surface area contributed by atoms with Crippen molar-refractivity contribution in [3.05, 3.63) is 42.0 Å². The molecule has 0 spiro atoms. The number of anilines is 1. The molecule has 2 aromatic carbocycles. The molecule has 0 fully saturated rings. The summed E-state index contributed by atoms with van der Waals surface area (Å²) in [5.74, 6) is 0.670. The van der Waals surface area contributed by atoms with E-state index in [0.29, 0.717) is 5.84 Å². The Kier molecular flexibility index (Phi) is 1.88. The molecule has 0 bridgehead atoms. The number of likely N-dealkylation sites (N-methyl/N-ethyl adjacent to an activating group) is 1. The molecule has 0 atom stereocenters. The summed E-state index contributed by atoms with van der Waals surface area (Å²) in [5.41, 5.74) is 2.24. The van der Waals surface area contributed by atoms with Gasteiger partial charge in [-0.1, -0.05) is 30.3 Å². The van der Waals surface area contributed by atoms with Gasteiger partial charge in [0.2, 0.25) is 0 Å². The van der Waals surface area contributed by atoms with E-state index in [9.17, 15) is 0 Å². The Hall–Kier alpha value is -1.83. The zero-order chi connectivity index (χ0) is 12.2. The second-order valence-corrected chi connectivity index (χ2v) is 5.21. The zero-order valence-electron chi connectivity index (χ0n) is 10.4. The number of rotatable bonds is 0. The molecule has 17 heavy (non-hydrogen) atoms. The molecule has 1 heterocycles. The molecule has 2 heteroatoms. The van der Waals surface area contributed by atoms with Gasteiger partial charge >= 0.3 is 0 Å². The predicted octanol–water partition coefficient (Wildman–Crippen LogP) is 3.54. The summed E-state index contributed by atoms with van der Waals surface area (Å²) in [6.45, 7) is 4.26. The average molecular weight is 224 g/mol. The summed E-state index contributed by atoms with van der Waals surface area (Å²) in [7, 11) is 1.98. The smallest absolute Gasteiger partial charge is 0.110 e. The van der Waals surface area contributed by atoms with Crippen molar-refractivity contribution < 1.29 is 0 Å². The van der Waals surface area contributed by atoms with Crippen LogP contribution >= 0.6 is 0 Å². The van der Waals surface area contributed by atoms with E-state index in [1.165, 1.54) is 22.0 Å². The first-order valence-electron chi connectivity index (χ1n) is 5.88. The number of hydrogen-bond donors (Lipinski definition) is 1. The van der Waals surface area contributed by atoms with Crippen molar-refractivity contribution in [3.63, 3.8) is 0 Å². The third kappa shape index (κ3) is 1.18. The molecule has 0 radical (unpaired) electrons. The lowest BCUT2D eigenvalue weighted by Gasteiger charge is -2.20. The van der Waals surface area contributed by atoms with Crippen molar-refractivity contribution in [2.75, 3.05) is 11.9 Å². The minimum atomic E-state index is -0.203. The molecular weight excluding hydrogens is 208 g/mol. The van der Waals surface area contributed by atoms with E-state index < -0.39 is 0 Å². The predicted molar refractivity (Wildman–Crippen MR) is 73.1 cm³/mol. The Labute approximate surface area is 101 Å². The van der Waals surface area contributed by atoms with Gasteiger partial charge in [0.05, 0.1) is 0 Å². The Morgan fingerprint density at radius 2 is 1.76 bits per heavy atom. The maximum Gasteiger partial charge on any atom is 0.110 e. The number of nitrogens with zero attached hydrogens (tertiary/aromatic N) is 1. The Morgan fingerprint density at radius 1 is 1.06 bits per heavy atom. The molecule has 1 N–H and O–H groups in total. The van der Waals surface area contributed by atoms with Crippen LogP contribution in [0.1, 0.15) is 19.4 Å². The Bertz CT molecular complexity index is 626. The SMILES string of the molecule is CN1C(=N)C(C)(C)c2c1ccc1ccccc21. The van der Waals surface area contributed by atoms with E-state index in [4.69, 9.17) is 5.41 Å². The normalized spacial score (nSPS) is 17.6. The third-order valence-electron chi connectivity index (χ3n) is 3.82. The highest BCUT2D eigenvalue weighted by molar-refractivity contribution is 6.13. The molecule has 0 saturated carbocycles. The highest BCUT2D eigenvalue weighted by atomic mass is 15.2. The molecule has 2 nitrogen and oxygen atoms in total. The van der Waals surface area contributed by atoms with Gasteiger partial charge < -0.3 is 4.90 Å². The van der Waals surface area contributed by atoms with Gasteiger partial charge in [-0.25, -0.2) is 0 Å². The zero-order valence-corrected chi connectivity index (χ0v) is 10.4. The summed E-state index contributed by atoms with van der Waals surface area (Å²) in [6.07, 6.45) is 0. The monoisotopic (exact) mass is 224 g/mol. The maximum atomic E-state index is 8.24. The fraction of sp³-hybridized carbons (Fsp3) is 0.267. The topological polar surface area (TPSA) is 27.1 Å². The highest BCUT2D eigenvalue weighted by Crippen LogP contribution is 2.44. The molecule has 1 aliphatic heterocycles. The first kappa shape index (κ1) is 10.3. The summed E-state index contributed by atoms with van der Waals surface area (Å²) < 4.78 is 0. The van der Waals surface area contributed by atoms with Crippen molar-refractivity contribution in [3.8, 4) is 0 Å². The number of nitrogens with one attached hydrogen (secondary N) is 1. The molecule has 0 saturated heterocycles. The van der Waals surface area contributed by atoms with Crippen LogP contribution in [0.2, 0.25) is 0 Å². The first-order valence-corrected chi connectivity index (χ1v) is 5.88. The van der Waals surface area contributed by atoms with E-state index in [-0.39, 0.29) is 5.41 Å². The summed E-state index contributed by atoms with van der Waals surface area (Å²) in [5, 5.41) is 10.8. The van der Waals surface area contributed by atoms with Crippen LogP contribution in [0, 0.1) is 5.41 Å². The second kappa shape index (κ2) is 3.10. The summed E-state index contributed by atoms with van der Waals surface area (Å²) in [6, 6.07) is 12.7. The van der Waals surface area contributed by atoms with Crippen LogP contribution < -0.4 is 4.90 Å². The van der Waals surface area contributed by atoms with Crippen LogP contribution in [0.15, 0.2) is 36.4 Å². The lowest BCUT2D eigenvalue weighted by molar-refractivity contribution is 0.733. The number of hydrogen-bond acceptors (Lipinski definition) is 1. The first-order chi connectivity index (χ1) is 8.03. The molecule has 0 aromatic heterocycles. The van der Waals surface area contributed by atoms with Gasteiger partial charge in [-0.2, -0.15) is 0 Å². The molecule has 1 aliphatic rings. The van der Waals surface area contributed by atoms with Gasteiger partial charge in [0.15, 0.2) is 0 Å². The van der Waals surface area contributed by atoms with Crippen LogP contribution in [0.4, 0.5) is 5.69 Å². The van der Waals surface area contributed by atoms with Crippen LogP contribution in [0.3, 0.4) is 0 Å². The fourth-order valence-electron chi connectivity index (χ4n) is 2.85. The van der Waals surface area contributed by atoms with Crippen LogP contribution in [0.5, 0.6) is 0 Å². The van der Waals surface area contributed by atoms with Gasteiger partial charge in [-0.05, 0) is 36.2 Å². The Balaban J connectivity index is 2.46. The number of benzene rings is 2. The fourth-order valence-corrected chi connectivity index (χ4v) is 2.85. The summed E-state index contributed by atoms with van der Waals surface area (Å²) >= 11 is 0. The largest absolute Gasteiger partial charge is 0.332 e. The van der Waals surface area contributed by atoms with Crippen molar-refractivity contribution >= 4 is 22.3 Å². The molecule has 0 aliphatic carbocycles. The van der Waals surface area contributed by atoms with Crippen molar-refractivity contribution in [2.24, 2.45) is 0 Å². The lowest BCUT2D eigenvalue weighted by atomic mass is 9.83. The molecular formula is C15H16N2. The Morgan fingerprint density at radius 3 is 2.53 bits per heavy atom. The van der Waals surface area contributed by atoms with Crippen molar-refractivity contribution in [2.45, 2.75) is 19.3 Å². The van der Waals surface area contributed by atoms with E-state index in [1.54, 1.807) is 0 Å². The van der Waals surface area contributed by atoms with E-state index in [0.717, 1.165) is 0 Å². The van der Waals surface area contributed by atoms with Gasteiger partial charge in [0.25, 0.3) is 0 Å². The number of fused-ring (bicyclic) bond motifs is 3. The third-order valence-corrected chi connectivity index (χ3v) is 3.82. The highest BCUT2D eigenvalue weighted by Gasteiger charge is 2.40. The van der Waals surface area contributed by atoms with Gasteiger partial charge in [0.1, 0.15) is 5.84 Å². The van der Waals surface area contributed by atoms with Crippen LogP contribution in [-0.4, -0.2) is 12.9 Å². The van der Waals surface area contributed by atoms with E-state index in [2.05, 4.69) is 50.2 Å². The van der Waals surface area contributed by atoms with Crippen molar-refractivity contribution in [1.82, 2.24) is 0 Å². The lowest BCUT2D eigenvalue weighted by Crippen LogP contribution is -2.32. The van der Waals surface area contributed by atoms with Crippen molar-refractivity contribution in [1.29, 1.82) is 5.41 Å². The maximum absolute atomic E-state index is 8.24. The molecule has 3 rings (SSSR count).